The zero-order valence-electron chi connectivity index (χ0n) is 16.9. The molecule has 8 heteroatoms. The van der Waals surface area contributed by atoms with E-state index in [9.17, 15) is 14.0 Å². The summed E-state index contributed by atoms with van der Waals surface area (Å²) >= 11 is 2.87. The van der Waals surface area contributed by atoms with Crippen LogP contribution < -0.4 is 4.90 Å². The van der Waals surface area contributed by atoms with E-state index in [0.717, 1.165) is 28.8 Å². The highest BCUT2D eigenvalue weighted by molar-refractivity contribution is 8.01. The van der Waals surface area contributed by atoms with E-state index in [2.05, 4.69) is 9.88 Å². The Morgan fingerprint density at radius 1 is 1.00 bits per heavy atom. The molecule has 0 atom stereocenters. The first kappa shape index (κ1) is 21.5. The van der Waals surface area contributed by atoms with Gasteiger partial charge in [0.05, 0.1) is 17.9 Å². The van der Waals surface area contributed by atoms with E-state index in [4.69, 9.17) is 0 Å². The lowest BCUT2D eigenvalue weighted by atomic mass is 10.2. The molecule has 5 nitrogen and oxygen atoms in total. The van der Waals surface area contributed by atoms with E-state index in [1.807, 2.05) is 40.6 Å². The number of piperazine rings is 1. The standard InChI is InChI=1S/C23H22FN3O2S2/c24-18-6-8-20(9-7-18)26-10-12-27(13-11-26)22(29)14-19-15-30-23(25-19)31-16-21(28)17-4-2-1-3-5-17/h1-9,15H,10-14,16H2. The van der Waals surface area contributed by atoms with E-state index in [0.29, 0.717) is 24.4 Å². The molecule has 0 aliphatic carbocycles. The Bertz CT molecular complexity index is 1030. The number of hydrogen-bond donors (Lipinski definition) is 0. The van der Waals surface area contributed by atoms with Crippen LogP contribution in [0, 0.1) is 5.82 Å². The molecule has 4 rings (SSSR count). The number of carbonyl (C=O) groups is 2. The van der Waals surface area contributed by atoms with Crippen molar-refractivity contribution in [1.29, 1.82) is 0 Å². The van der Waals surface area contributed by atoms with E-state index in [-0.39, 0.29) is 23.9 Å². The molecule has 0 spiro atoms. The molecule has 0 N–H and O–H groups in total. The molecule has 0 saturated carbocycles. The Morgan fingerprint density at radius 2 is 1.71 bits per heavy atom. The molecule has 1 aromatic heterocycles. The summed E-state index contributed by atoms with van der Waals surface area (Å²) in [4.78, 5) is 33.4. The van der Waals surface area contributed by atoms with Crippen molar-refractivity contribution in [2.24, 2.45) is 0 Å². The van der Waals surface area contributed by atoms with Crippen molar-refractivity contribution in [2.45, 2.75) is 10.8 Å². The first-order valence-electron chi connectivity index (χ1n) is 10.0. The quantitative estimate of drug-likeness (QED) is 0.396. The summed E-state index contributed by atoms with van der Waals surface area (Å²) in [6.07, 6.45) is 0.264. The molecule has 3 aromatic rings. The van der Waals surface area contributed by atoms with Crippen molar-refractivity contribution in [3.63, 3.8) is 0 Å². The van der Waals surface area contributed by atoms with Crippen LogP contribution in [0.25, 0.3) is 0 Å². The van der Waals surface area contributed by atoms with Crippen molar-refractivity contribution in [1.82, 2.24) is 9.88 Å². The smallest absolute Gasteiger partial charge is 0.228 e. The predicted molar refractivity (Wildman–Crippen MR) is 123 cm³/mol. The first-order chi connectivity index (χ1) is 15.1. The molecule has 0 radical (unpaired) electrons. The van der Waals surface area contributed by atoms with Gasteiger partial charge in [0.15, 0.2) is 10.1 Å². The normalized spacial score (nSPS) is 14.0. The number of aromatic nitrogens is 1. The van der Waals surface area contributed by atoms with E-state index < -0.39 is 0 Å². The molecule has 2 aromatic carbocycles. The van der Waals surface area contributed by atoms with Gasteiger partial charge in [0.1, 0.15) is 5.82 Å². The maximum Gasteiger partial charge on any atom is 0.228 e. The molecule has 0 bridgehead atoms. The highest BCUT2D eigenvalue weighted by atomic mass is 32.2. The number of rotatable bonds is 7. The van der Waals surface area contributed by atoms with Crippen molar-refractivity contribution < 1.29 is 14.0 Å². The zero-order valence-corrected chi connectivity index (χ0v) is 18.5. The molecule has 160 valence electrons. The molecule has 1 aliphatic heterocycles. The second kappa shape index (κ2) is 10.1. The number of Topliss-reactive ketones (excluding diaryl/α,β-unsaturated/α-hetero) is 1. The fraction of sp³-hybridized carbons (Fsp3) is 0.261. The molecule has 31 heavy (non-hydrogen) atoms. The summed E-state index contributed by atoms with van der Waals surface area (Å²) in [7, 11) is 0. The molecule has 0 unspecified atom stereocenters. The molecule has 1 aliphatic rings. The van der Waals surface area contributed by atoms with Crippen LogP contribution in [0.4, 0.5) is 10.1 Å². The Morgan fingerprint density at radius 3 is 2.42 bits per heavy atom. The summed E-state index contributed by atoms with van der Waals surface area (Å²) in [6, 6.07) is 15.7. The van der Waals surface area contributed by atoms with Crippen molar-refractivity contribution in [2.75, 3.05) is 36.8 Å². The minimum Gasteiger partial charge on any atom is -0.368 e. The van der Waals surface area contributed by atoms with Gasteiger partial charge in [-0.2, -0.15) is 0 Å². The Labute approximate surface area is 188 Å². The molecule has 2 heterocycles. The fourth-order valence-corrected chi connectivity index (χ4v) is 5.14. The van der Waals surface area contributed by atoms with Gasteiger partial charge in [-0.3, -0.25) is 9.59 Å². The van der Waals surface area contributed by atoms with Crippen molar-refractivity contribution in [3.05, 3.63) is 77.1 Å². The van der Waals surface area contributed by atoms with Gasteiger partial charge in [-0.1, -0.05) is 42.1 Å². The number of halogens is 1. The summed E-state index contributed by atoms with van der Waals surface area (Å²) in [5.41, 5.74) is 2.41. The largest absolute Gasteiger partial charge is 0.368 e. The molecule has 1 saturated heterocycles. The summed E-state index contributed by atoms with van der Waals surface area (Å²) < 4.78 is 13.9. The van der Waals surface area contributed by atoms with Gasteiger partial charge in [0.2, 0.25) is 5.91 Å². The van der Waals surface area contributed by atoms with Crippen molar-refractivity contribution in [3.8, 4) is 0 Å². The van der Waals surface area contributed by atoms with Crippen LogP contribution in [-0.2, 0) is 11.2 Å². The van der Waals surface area contributed by atoms with Crippen LogP contribution in [-0.4, -0.2) is 53.5 Å². The van der Waals surface area contributed by atoms with Crippen LogP contribution in [0.2, 0.25) is 0 Å². The number of thiazole rings is 1. The molecular formula is C23H22FN3O2S2. The van der Waals surface area contributed by atoms with Crippen LogP contribution in [0.5, 0.6) is 0 Å². The van der Waals surface area contributed by atoms with Gasteiger partial charge in [0, 0.05) is 42.8 Å². The maximum absolute atomic E-state index is 13.1. The third-order valence-corrected chi connectivity index (χ3v) is 7.18. The van der Waals surface area contributed by atoms with Crippen LogP contribution in [0.1, 0.15) is 16.1 Å². The van der Waals surface area contributed by atoms with Crippen LogP contribution in [0.3, 0.4) is 0 Å². The number of amides is 1. The third-order valence-electron chi connectivity index (χ3n) is 5.11. The Balaban J connectivity index is 1.24. The summed E-state index contributed by atoms with van der Waals surface area (Å²) in [6.45, 7) is 2.70. The van der Waals surface area contributed by atoms with Gasteiger partial charge >= 0.3 is 0 Å². The average Bonchev–Trinajstić information content (AvgIpc) is 3.26. The molecular weight excluding hydrogens is 433 g/mol. The molecule has 1 fully saturated rings. The second-order valence-corrected chi connectivity index (χ2v) is 9.28. The Hall–Kier alpha value is -2.71. The number of anilines is 1. The highest BCUT2D eigenvalue weighted by Crippen LogP contribution is 2.24. The van der Waals surface area contributed by atoms with Gasteiger partial charge in [0.25, 0.3) is 0 Å². The number of carbonyl (C=O) groups excluding carboxylic acids is 2. The number of ketones is 1. The third kappa shape index (κ3) is 5.71. The van der Waals surface area contributed by atoms with Crippen molar-refractivity contribution >= 4 is 40.5 Å². The lowest BCUT2D eigenvalue weighted by Gasteiger charge is -2.36. The highest BCUT2D eigenvalue weighted by Gasteiger charge is 2.22. The number of hydrogen-bond acceptors (Lipinski definition) is 6. The van der Waals surface area contributed by atoms with Crippen LogP contribution in [0.15, 0.2) is 64.3 Å². The number of nitrogens with zero attached hydrogens (tertiary/aromatic N) is 3. The monoisotopic (exact) mass is 455 g/mol. The first-order valence-corrected chi connectivity index (χ1v) is 11.9. The lowest BCUT2D eigenvalue weighted by Crippen LogP contribution is -2.49. The topological polar surface area (TPSA) is 53.5 Å². The second-order valence-electron chi connectivity index (χ2n) is 7.20. The lowest BCUT2D eigenvalue weighted by molar-refractivity contribution is -0.130. The minimum atomic E-state index is -0.247. The number of thioether (sulfide) groups is 1. The Kier molecular flexibility index (Phi) is 6.99. The number of benzene rings is 2. The molecule has 1 amide bonds. The zero-order chi connectivity index (χ0) is 21.6. The van der Waals surface area contributed by atoms with Gasteiger partial charge in [-0.05, 0) is 24.3 Å². The van der Waals surface area contributed by atoms with E-state index in [1.165, 1.54) is 35.2 Å². The summed E-state index contributed by atoms with van der Waals surface area (Å²) in [5.74, 6) is 0.206. The van der Waals surface area contributed by atoms with Gasteiger partial charge in [-0.15, -0.1) is 11.3 Å². The average molecular weight is 456 g/mol. The summed E-state index contributed by atoms with van der Waals surface area (Å²) in [5, 5.41) is 1.89. The van der Waals surface area contributed by atoms with E-state index in [1.54, 1.807) is 12.1 Å². The van der Waals surface area contributed by atoms with Gasteiger partial charge < -0.3 is 9.80 Å². The minimum absolute atomic E-state index is 0.0565. The van der Waals surface area contributed by atoms with Gasteiger partial charge in [-0.25, -0.2) is 9.37 Å². The maximum atomic E-state index is 13.1. The predicted octanol–water partition coefficient (Wildman–Crippen LogP) is 4.15. The van der Waals surface area contributed by atoms with E-state index >= 15 is 0 Å². The SMILES string of the molecule is O=C(CSc1nc(CC(=O)N2CCN(c3ccc(F)cc3)CC2)cs1)c1ccccc1. The van der Waals surface area contributed by atoms with Crippen LogP contribution >= 0.6 is 23.1 Å². The fourth-order valence-electron chi connectivity index (χ4n) is 3.40.